The van der Waals surface area contributed by atoms with E-state index in [0.29, 0.717) is 5.41 Å². The van der Waals surface area contributed by atoms with E-state index in [9.17, 15) is 0 Å². The minimum atomic E-state index is 0.630. The molecule has 0 aromatic heterocycles. The summed E-state index contributed by atoms with van der Waals surface area (Å²) in [5.74, 6) is 4.54. The maximum atomic E-state index is 4.17. The molecule has 0 nitrogen and oxygen atoms in total. The minimum absolute atomic E-state index is 0.630. The number of rotatable bonds is 0. The van der Waals surface area contributed by atoms with E-state index in [0.717, 1.165) is 29.6 Å². The SMILES string of the molecule is C=C1C=C2C=CC3C(CC[C@@]4(C)C3CC[C@@H]4C)C2CC1. The van der Waals surface area contributed by atoms with Gasteiger partial charge in [-0.1, -0.05) is 44.2 Å². The van der Waals surface area contributed by atoms with E-state index >= 15 is 0 Å². The molecule has 4 aliphatic carbocycles. The zero-order valence-electron chi connectivity index (χ0n) is 13.1. The van der Waals surface area contributed by atoms with Crippen molar-refractivity contribution in [2.24, 2.45) is 35.0 Å². The molecule has 0 heterocycles. The van der Waals surface area contributed by atoms with Crippen molar-refractivity contribution < 1.29 is 0 Å². The lowest BCUT2D eigenvalue weighted by Crippen LogP contribution is -2.44. The summed E-state index contributed by atoms with van der Waals surface area (Å²) in [4.78, 5) is 0. The molecule has 0 saturated heterocycles. The van der Waals surface area contributed by atoms with Crippen LogP contribution < -0.4 is 0 Å². The Morgan fingerprint density at radius 3 is 2.90 bits per heavy atom. The molecule has 0 aromatic rings. The van der Waals surface area contributed by atoms with Crippen molar-refractivity contribution >= 4 is 0 Å². The van der Waals surface area contributed by atoms with Gasteiger partial charge in [0.05, 0.1) is 0 Å². The van der Waals surface area contributed by atoms with Crippen LogP contribution in [-0.4, -0.2) is 0 Å². The third kappa shape index (κ3) is 1.66. The van der Waals surface area contributed by atoms with E-state index in [4.69, 9.17) is 0 Å². The van der Waals surface area contributed by atoms with Crippen molar-refractivity contribution in [3.05, 3.63) is 36.0 Å². The lowest BCUT2D eigenvalue weighted by atomic mass is 9.53. The highest BCUT2D eigenvalue weighted by Gasteiger charge is 2.53. The molecule has 0 bridgehead atoms. The predicted octanol–water partition coefficient (Wildman–Crippen LogP) is 5.53. The number of allylic oxidation sites excluding steroid dienone is 5. The third-order valence-electron chi connectivity index (χ3n) is 7.46. The Morgan fingerprint density at radius 2 is 2.05 bits per heavy atom. The zero-order valence-corrected chi connectivity index (χ0v) is 13.1. The average molecular weight is 268 g/mol. The van der Waals surface area contributed by atoms with Crippen LogP contribution in [0.25, 0.3) is 0 Å². The molecule has 20 heavy (non-hydrogen) atoms. The molecule has 0 N–H and O–H groups in total. The van der Waals surface area contributed by atoms with Crippen molar-refractivity contribution in [1.29, 1.82) is 0 Å². The Kier molecular flexibility index (Phi) is 2.81. The molecule has 108 valence electrons. The van der Waals surface area contributed by atoms with E-state index in [1.807, 2.05) is 0 Å². The second kappa shape index (κ2) is 4.36. The van der Waals surface area contributed by atoms with Gasteiger partial charge < -0.3 is 0 Å². The summed E-state index contributed by atoms with van der Waals surface area (Å²) in [7, 11) is 0. The predicted molar refractivity (Wildman–Crippen MR) is 85.3 cm³/mol. The fourth-order valence-electron chi connectivity index (χ4n) is 6.01. The quantitative estimate of drug-likeness (QED) is 0.542. The second-order valence-corrected chi connectivity index (χ2v) is 8.18. The van der Waals surface area contributed by atoms with Gasteiger partial charge in [0.1, 0.15) is 0 Å². The Balaban J connectivity index is 1.69. The average Bonchev–Trinajstić information content (AvgIpc) is 2.74. The topological polar surface area (TPSA) is 0 Å². The van der Waals surface area contributed by atoms with Gasteiger partial charge >= 0.3 is 0 Å². The zero-order chi connectivity index (χ0) is 13.9. The van der Waals surface area contributed by atoms with Gasteiger partial charge in [-0.25, -0.2) is 0 Å². The van der Waals surface area contributed by atoms with Crippen molar-refractivity contribution in [2.75, 3.05) is 0 Å². The molecule has 4 unspecified atom stereocenters. The number of hydrogen-bond acceptors (Lipinski definition) is 0. The molecule has 0 amide bonds. The normalized spacial score (nSPS) is 50.2. The summed E-state index contributed by atoms with van der Waals surface area (Å²) in [5, 5.41) is 0. The van der Waals surface area contributed by atoms with Crippen LogP contribution in [0.2, 0.25) is 0 Å². The number of hydrogen-bond donors (Lipinski definition) is 0. The van der Waals surface area contributed by atoms with Crippen LogP contribution in [-0.2, 0) is 0 Å². The van der Waals surface area contributed by atoms with E-state index < -0.39 is 0 Å². The lowest BCUT2D eigenvalue weighted by molar-refractivity contribution is 0.0178. The lowest BCUT2D eigenvalue weighted by Gasteiger charge is -2.52. The molecule has 4 rings (SSSR count). The van der Waals surface area contributed by atoms with Crippen molar-refractivity contribution in [3.8, 4) is 0 Å². The van der Waals surface area contributed by atoms with Crippen LogP contribution in [0.1, 0.15) is 52.4 Å². The van der Waals surface area contributed by atoms with Gasteiger partial charge in [-0.15, -0.1) is 0 Å². The molecule has 2 saturated carbocycles. The Hall–Kier alpha value is -0.780. The molecular formula is C20H28. The van der Waals surface area contributed by atoms with Gasteiger partial charge in [-0.05, 0) is 79.1 Å². The monoisotopic (exact) mass is 268 g/mol. The third-order valence-corrected chi connectivity index (χ3v) is 7.46. The summed E-state index contributed by atoms with van der Waals surface area (Å²) in [6.07, 6.45) is 15.9. The molecule has 6 atom stereocenters. The van der Waals surface area contributed by atoms with E-state index in [1.165, 1.54) is 44.1 Å². The summed E-state index contributed by atoms with van der Waals surface area (Å²) in [5.41, 5.74) is 3.57. The van der Waals surface area contributed by atoms with Crippen LogP contribution in [0, 0.1) is 35.0 Å². The van der Waals surface area contributed by atoms with Gasteiger partial charge in [0, 0.05) is 0 Å². The highest BCUT2D eigenvalue weighted by molar-refractivity contribution is 5.37. The molecule has 4 aliphatic rings. The molecule has 0 aliphatic heterocycles. The van der Waals surface area contributed by atoms with Crippen LogP contribution in [0.4, 0.5) is 0 Å². The maximum absolute atomic E-state index is 4.17. The smallest absolute Gasteiger partial charge is 0.0125 e. The molecular weight excluding hydrogens is 240 g/mol. The Bertz CT molecular complexity index is 494. The molecule has 0 spiro atoms. The van der Waals surface area contributed by atoms with Crippen LogP contribution in [0.3, 0.4) is 0 Å². The van der Waals surface area contributed by atoms with Gasteiger partial charge in [0.25, 0.3) is 0 Å². The van der Waals surface area contributed by atoms with Gasteiger partial charge in [-0.3, -0.25) is 0 Å². The van der Waals surface area contributed by atoms with Gasteiger partial charge in [0.15, 0.2) is 0 Å². The summed E-state index contributed by atoms with van der Waals surface area (Å²) >= 11 is 0. The summed E-state index contributed by atoms with van der Waals surface area (Å²) < 4.78 is 0. The van der Waals surface area contributed by atoms with Gasteiger partial charge in [0.2, 0.25) is 0 Å². The highest BCUT2D eigenvalue weighted by atomic mass is 14.6. The minimum Gasteiger partial charge on any atom is -0.0958 e. The highest BCUT2D eigenvalue weighted by Crippen LogP contribution is 2.62. The van der Waals surface area contributed by atoms with Crippen LogP contribution >= 0.6 is 0 Å². The standard InChI is InChI=1S/C20H28/c1-13-4-7-16-15(12-13)6-8-18-17(16)10-11-20(3)14(2)5-9-19(18)20/h6,8,12,14,16-19H,1,4-5,7,9-11H2,2-3H3/t14-,16?,17?,18?,19?,20+/m0/s1. The second-order valence-electron chi connectivity index (χ2n) is 8.18. The molecule has 0 aromatic carbocycles. The van der Waals surface area contributed by atoms with Crippen LogP contribution in [0.15, 0.2) is 36.0 Å². The van der Waals surface area contributed by atoms with Crippen molar-refractivity contribution in [1.82, 2.24) is 0 Å². The van der Waals surface area contributed by atoms with E-state index in [2.05, 4.69) is 38.7 Å². The van der Waals surface area contributed by atoms with E-state index in [-0.39, 0.29) is 0 Å². The largest absolute Gasteiger partial charge is 0.0958 e. The van der Waals surface area contributed by atoms with Gasteiger partial charge in [-0.2, -0.15) is 0 Å². The summed E-state index contributed by atoms with van der Waals surface area (Å²) in [6, 6.07) is 0. The molecule has 2 fully saturated rings. The Labute approximate surface area is 124 Å². The first-order valence-corrected chi connectivity index (χ1v) is 8.67. The number of fused-ring (bicyclic) bond motifs is 5. The molecule has 0 radical (unpaired) electrons. The Morgan fingerprint density at radius 1 is 1.20 bits per heavy atom. The fourth-order valence-corrected chi connectivity index (χ4v) is 6.01. The first kappa shape index (κ1) is 12.9. The van der Waals surface area contributed by atoms with Crippen molar-refractivity contribution in [2.45, 2.75) is 52.4 Å². The fraction of sp³-hybridized carbons (Fsp3) is 0.700. The maximum Gasteiger partial charge on any atom is -0.0125 e. The first-order valence-electron chi connectivity index (χ1n) is 8.67. The first-order chi connectivity index (χ1) is 9.59. The molecule has 0 heteroatoms. The summed E-state index contributed by atoms with van der Waals surface area (Å²) in [6.45, 7) is 9.27. The van der Waals surface area contributed by atoms with Crippen molar-refractivity contribution in [3.63, 3.8) is 0 Å². The van der Waals surface area contributed by atoms with Crippen LogP contribution in [0.5, 0.6) is 0 Å². The van der Waals surface area contributed by atoms with E-state index in [1.54, 1.807) is 5.57 Å².